The van der Waals surface area contributed by atoms with E-state index >= 15 is 0 Å². The lowest BCUT2D eigenvalue weighted by Crippen LogP contribution is -2.73. The summed E-state index contributed by atoms with van der Waals surface area (Å²) in [6.45, 7) is 1.99. The molecule has 4 heteroatoms. The first-order valence-electron chi connectivity index (χ1n) is 4.99. The highest BCUT2D eigenvalue weighted by molar-refractivity contribution is 14.1. The van der Waals surface area contributed by atoms with Crippen molar-refractivity contribution in [3.63, 3.8) is 0 Å². The predicted octanol–water partition coefficient (Wildman–Crippen LogP) is 0.763. The SMILES string of the molecule is ICC1C[NH+]=C(NCc2ccccc2)S1. The normalized spacial score (nSPS) is 20.1. The van der Waals surface area contributed by atoms with Gasteiger partial charge in [-0.2, -0.15) is 0 Å². The van der Waals surface area contributed by atoms with Gasteiger partial charge in [-0.25, -0.2) is 0 Å². The van der Waals surface area contributed by atoms with Crippen molar-refractivity contribution < 1.29 is 4.99 Å². The molecule has 0 amide bonds. The van der Waals surface area contributed by atoms with Gasteiger partial charge in [0, 0.05) is 4.43 Å². The first-order valence-corrected chi connectivity index (χ1v) is 7.40. The Morgan fingerprint density at radius 2 is 2.20 bits per heavy atom. The van der Waals surface area contributed by atoms with Crippen molar-refractivity contribution in [2.75, 3.05) is 11.0 Å². The fourth-order valence-electron chi connectivity index (χ4n) is 1.42. The molecule has 1 aliphatic heterocycles. The number of hydrogen-bond acceptors (Lipinski definition) is 2. The van der Waals surface area contributed by atoms with Crippen molar-refractivity contribution in [2.45, 2.75) is 11.8 Å². The molecule has 0 aromatic heterocycles. The summed E-state index contributed by atoms with van der Waals surface area (Å²) in [5, 5.41) is 5.38. The molecule has 0 spiro atoms. The standard InChI is InChI=1S/C11H13IN2S/c12-6-10-8-14-11(15-10)13-7-9-4-2-1-3-5-9/h1-5,10H,6-8H2,(H,13,14)/p+1. The summed E-state index contributed by atoms with van der Waals surface area (Å²) in [6.07, 6.45) is 0. The van der Waals surface area contributed by atoms with E-state index in [0.29, 0.717) is 0 Å². The summed E-state index contributed by atoms with van der Waals surface area (Å²) in [7, 11) is 0. The second kappa shape index (κ2) is 5.75. The van der Waals surface area contributed by atoms with Crippen LogP contribution < -0.4 is 10.3 Å². The van der Waals surface area contributed by atoms with Gasteiger partial charge in [0.15, 0.2) is 0 Å². The van der Waals surface area contributed by atoms with E-state index in [1.54, 1.807) is 0 Å². The molecule has 1 heterocycles. The summed E-state index contributed by atoms with van der Waals surface area (Å²) in [5.41, 5.74) is 1.32. The number of amidine groups is 1. The summed E-state index contributed by atoms with van der Waals surface area (Å²) in [5.74, 6) is 0. The number of benzene rings is 1. The summed E-state index contributed by atoms with van der Waals surface area (Å²) in [4.78, 5) is 3.39. The summed E-state index contributed by atoms with van der Waals surface area (Å²) in [6, 6.07) is 10.5. The van der Waals surface area contributed by atoms with Crippen molar-refractivity contribution in [2.24, 2.45) is 0 Å². The molecule has 0 saturated heterocycles. The molecular weight excluding hydrogens is 319 g/mol. The zero-order chi connectivity index (χ0) is 10.5. The quantitative estimate of drug-likeness (QED) is 0.631. The van der Waals surface area contributed by atoms with Crippen LogP contribution in [0.15, 0.2) is 30.3 Å². The van der Waals surface area contributed by atoms with Gasteiger partial charge in [-0.15, -0.1) is 0 Å². The highest BCUT2D eigenvalue weighted by Gasteiger charge is 2.22. The Balaban J connectivity index is 1.80. The molecule has 0 bridgehead atoms. The molecule has 15 heavy (non-hydrogen) atoms. The Morgan fingerprint density at radius 1 is 1.40 bits per heavy atom. The van der Waals surface area contributed by atoms with Crippen LogP contribution in [0.1, 0.15) is 5.56 Å². The molecule has 1 aromatic rings. The van der Waals surface area contributed by atoms with E-state index in [-0.39, 0.29) is 0 Å². The van der Waals surface area contributed by atoms with E-state index in [4.69, 9.17) is 0 Å². The lowest BCUT2D eigenvalue weighted by atomic mass is 10.2. The van der Waals surface area contributed by atoms with Crippen LogP contribution in [-0.2, 0) is 6.54 Å². The topological polar surface area (TPSA) is 26.0 Å². The molecule has 0 aliphatic carbocycles. The van der Waals surface area contributed by atoms with Gasteiger partial charge in [-0.3, -0.25) is 10.3 Å². The molecule has 1 aromatic carbocycles. The molecule has 2 N–H and O–H groups in total. The van der Waals surface area contributed by atoms with Crippen molar-refractivity contribution >= 4 is 39.5 Å². The van der Waals surface area contributed by atoms with Crippen LogP contribution in [0.4, 0.5) is 0 Å². The lowest BCUT2D eigenvalue weighted by molar-refractivity contribution is -0.450. The Labute approximate surface area is 108 Å². The minimum atomic E-state index is 0.726. The maximum atomic E-state index is 3.43. The molecule has 0 fully saturated rings. The van der Waals surface area contributed by atoms with Gasteiger partial charge in [0.25, 0.3) is 0 Å². The van der Waals surface area contributed by atoms with Gasteiger partial charge in [0.2, 0.25) is 0 Å². The third-order valence-electron chi connectivity index (χ3n) is 2.24. The van der Waals surface area contributed by atoms with Gasteiger partial charge in [0.05, 0.1) is 11.8 Å². The zero-order valence-electron chi connectivity index (χ0n) is 8.37. The molecule has 1 atom stereocenters. The van der Waals surface area contributed by atoms with E-state index in [0.717, 1.165) is 18.3 Å². The first-order chi connectivity index (χ1) is 7.38. The van der Waals surface area contributed by atoms with Crippen LogP contribution in [0.5, 0.6) is 0 Å². The minimum absolute atomic E-state index is 0.726. The molecule has 0 radical (unpaired) electrons. The average Bonchev–Trinajstić information content (AvgIpc) is 2.76. The second-order valence-electron chi connectivity index (χ2n) is 3.44. The van der Waals surface area contributed by atoms with Gasteiger partial charge in [-0.1, -0.05) is 52.9 Å². The fourth-order valence-corrected chi connectivity index (χ4v) is 3.16. The van der Waals surface area contributed by atoms with Gasteiger partial charge in [-0.05, 0) is 17.3 Å². The predicted molar refractivity (Wildman–Crippen MR) is 74.4 cm³/mol. The third-order valence-corrected chi connectivity index (χ3v) is 5.09. The van der Waals surface area contributed by atoms with Crippen molar-refractivity contribution in [3.05, 3.63) is 35.9 Å². The lowest BCUT2D eigenvalue weighted by Gasteiger charge is -2.00. The first kappa shape index (κ1) is 11.3. The largest absolute Gasteiger partial charge is 0.304 e. The van der Waals surface area contributed by atoms with Crippen LogP contribution in [0.2, 0.25) is 0 Å². The fraction of sp³-hybridized carbons (Fsp3) is 0.364. The van der Waals surface area contributed by atoms with E-state index < -0.39 is 0 Å². The number of hydrogen-bond donors (Lipinski definition) is 2. The molecule has 80 valence electrons. The number of rotatable bonds is 3. The zero-order valence-corrected chi connectivity index (χ0v) is 11.3. The van der Waals surface area contributed by atoms with Gasteiger partial charge < -0.3 is 0 Å². The van der Waals surface area contributed by atoms with Gasteiger partial charge in [0.1, 0.15) is 6.54 Å². The van der Waals surface area contributed by atoms with Crippen molar-refractivity contribution in [3.8, 4) is 0 Å². The van der Waals surface area contributed by atoms with Crippen LogP contribution in [0, 0.1) is 0 Å². The average molecular weight is 333 g/mol. The number of halogens is 1. The Bertz CT molecular complexity index is 340. The number of nitrogens with one attached hydrogen (secondary N) is 2. The molecule has 2 rings (SSSR count). The van der Waals surface area contributed by atoms with E-state index in [1.165, 1.54) is 15.2 Å². The smallest absolute Gasteiger partial charge is 0.268 e. The Hall–Kier alpha value is -0.230. The van der Waals surface area contributed by atoms with Crippen LogP contribution >= 0.6 is 34.4 Å². The molecule has 0 saturated carbocycles. The maximum absolute atomic E-state index is 3.43. The summed E-state index contributed by atoms with van der Waals surface area (Å²) >= 11 is 4.35. The molecule has 2 nitrogen and oxygen atoms in total. The van der Waals surface area contributed by atoms with E-state index in [2.05, 4.69) is 57.2 Å². The maximum Gasteiger partial charge on any atom is 0.304 e. The monoisotopic (exact) mass is 333 g/mol. The Morgan fingerprint density at radius 3 is 2.87 bits per heavy atom. The van der Waals surface area contributed by atoms with Crippen LogP contribution in [0.3, 0.4) is 0 Å². The number of thioether (sulfide) groups is 1. The molecule has 1 unspecified atom stereocenters. The third kappa shape index (κ3) is 3.38. The molecular formula is C11H14IN2S+. The van der Waals surface area contributed by atoms with Crippen molar-refractivity contribution in [1.29, 1.82) is 0 Å². The van der Waals surface area contributed by atoms with E-state index in [9.17, 15) is 0 Å². The van der Waals surface area contributed by atoms with Crippen LogP contribution in [0.25, 0.3) is 0 Å². The highest BCUT2D eigenvalue weighted by Crippen LogP contribution is 2.13. The number of alkyl halides is 1. The highest BCUT2D eigenvalue weighted by atomic mass is 127. The van der Waals surface area contributed by atoms with Gasteiger partial charge >= 0.3 is 5.17 Å². The van der Waals surface area contributed by atoms with Crippen LogP contribution in [-0.4, -0.2) is 21.4 Å². The Kier molecular flexibility index (Phi) is 4.31. The van der Waals surface area contributed by atoms with E-state index in [1.807, 2.05) is 17.8 Å². The molecule has 1 aliphatic rings. The van der Waals surface area contributed by atoms with Crippen molar-refractivity contribution in [1.82, 2.24) is 5.32 Å². The second-order valence-corrected chi connectivity index (χ2v) is 5.63. The summed E-state index contributed by atoms with van der Waals surface area (Å²) < 4.78 is 1.20. The minimum Gasteiger partial charge on any atom is -0.268 e.